The van der Waals surface area contributed by atoms with Crippen LogP contribution in [0.4, 0.5) is 0 Å². The summed E-state index contributed by atoms with van der Waals surface area (Å²) < 4.78 is 4.53. The van der Waals surface area contributed by atoms with E-state index in [2.05, 4.69) is 25.7 Å². The van der Waals surface area contributed by atoms with Gasteiger partial charge in [0.15, 0.2) is 0 Å². The number of rotatable bonds is 3. The van der Waals surface area contributed by atoms with Crippen LogP contribution in [-0.2, 0) is 11.2 Å². The van der Waals surface area contributed by atoms with Crippen LogP contribution in [0.15, 0.2) is 18.3 Å². The summed E-state index contributed by atoms with van der Waals surface area (Å²) in [5, 5.41) is 0.895. The Morgan fingerprint density at radius 3 is 2.71 bits per heavy atom. The number of esters is 1. The number of pyridine rings is 1. The minimum Gasteiger partial charge on any atom is -0.464 e. The van der Waals surface area contributed by atoms with Gasteiger partial charge in [-0.15, -0.1) is 17.0 Å². The van der Waals surface area contributed by atoms with Gasteiger partial charge in [0, 0.05) is 11.5 Å². The number of ether oxygens (including phenoxy) is 1. The summed E-state index contributed by atoms with van der Waals surface area (Å²) in [5.41, 5.74) is 1.45. The van der Waals surface area contributed by atoms with E-state index in [0.29, 0.717) is 5.69 Å². The zero-order valence-electron chi connectivity index (χ0n) is 7.70. The first-order chi connectivity index (χ1) is 6.27. The number of hydrogen-bond acceptors (Lipinski definition) is 3. The van der Waals surface area contributed by atoms with Crippen LogP contribution in [0.5, 0.6) is 0 Å². The Labute approximate surface area is 102 Å². The van der Waals surface area contributed by atoms with Gasteiger partial charge in [-0.05, 0) is 18.1 Å². The fourth-order valence-corrected chi connectivity index (χ4v) is 1.36. The van der Waals surface area contributed by atoms with Crippen molar-refractivity contribution in [2.75, 3.05) is 12.4 Å². The summed E-state index contributed by atoms with van der Waals surface area (Å²) in [6.07, 6.45) is 2.60. The number of carbonyl (C=O) groups excluding carboxylic acids is 1. The van der Waals surface area contributed by atoms with Gasteiger partial charge in [0.25, 0.3) is 0 Å². The van der Waals surface area contributed by atoms with E-state index in [1.54, 1.807) is 12.3 Å². The lowest BCUT2D eigenvalue weighted by atomic mass is 10.2. The van der Waals surface area contributed by atoms with Gasteiger partial charge in [-0.1, -0.05) is 22.0 Å². The van der Waals surface area contributed by atoms with Crippen molar-refractivity contribution in [2.24, 2.45) is 0 Å². The van der Waals surface area contributed by atoms with Crippen molar-refractivity contribution >= 4 is 38.9 Å². The van der Waals surface area contributed by atoms with Crippen molar-refractivity contribution in [1.29, 1.82) is 0 Å². The van der Waals surface area contributed by atoms with Gasteiger partial charge in [-0.2, -0.15) is 0 Å². The highest BCUT2D eigenvalue weighted by atomic mass is 79.9. The Balaban J connectivity index is 0.00000169. The zero-order chi connectivity index (χ0) is 9.68. The second-order valence-electron chi connectivity index (χ2n) is 2.48. The first-order valence-electron chi connectivity index (χ1n) is 3.87. The number of hydrogen-bond donors (Lipinski definition) is 0. The molecule has 1 rings (SSSR count). The number of methoxy groups -OCH3 is 1. The van der Waals surface area contributed by atoms with Gasteiger partial charge in [0.05, 0.1) is 7.11 Å². The SMILES string of the molecule is Br.COC(=O)c1ccc(CCBr)cn1. The maximum atomic E-state index is 11.0. The molecule has 0 N–H and O–H groups in total. The smallest absolute Gasteiger partial charge is 0.356 e. The molecule has 0 aliphatic rings. The summed E-state index contributed by atoms with van der Waals surface area (Å²) in [4.78, 5) is 15.0. The normalized spacial score (nSPS) is 9.00. The number of alkyl halides is 1. The molecule has 0 spiro atoms. The van der Waals surface area contributed by atoms with Gasteiger partial charge >= 0.3 is 5.97 Å². The summed E-state index contributed by atoms with van der Waals surface area (Å²) in [6.45, 7) is 0. The molecule has 0 saturated heterocycles. The van der Waals surface area contributed by atoms with Crippen LogP contribution >= 0.6 is 32.9 Å². The number of nitrogens with zero attached hydrogens (tertiary/aromatic N) is 1. The molecule has 0 amide bonds. The van der Waals surface area contributed by atoms with Crippen LogP contribution in [0, 0.1) is 0 Å². The van der Waals surface area contributed by atoms with Crippen molar-refractivity contribution in [3.8, 4) is 0 Å². The van der Waals surface area contributed by atoms with E-state index in [0.717, 1.165) is 17.3 Å². The Bertz CT molecular complexity index is 287. The van der Waals surface area contributed by atoms with E-state index in [9.17, 15) is 4.79 Å². The van der Waals surface area contributed by atoms with Gasteiger partial charge in [-0.25, -0.2) is 9.78 Å². The number of halogens is 2. The van der Waals surface area contributed by atoms with Gasteiger partial charge in [0.1, 0.15) is 5.69 Å². The summed E-state index contributed by atoms with van der Waals surface area (Å²) in [6, 6.07) is 3.55. The maximum absolute atomic E-state index is 11.0. The fourth-order valence-electron chi connectivity index (χ4n) is 0.907. The minimum absolute atomic E-state index is 0. The van der Waals surface area contributed by atoms with E-state index in [4.69, 9.17) is 0 Å². The average molecular weight is 325 g/mol. The highest BCUT2D eigenvalue weighted by Gasteiger charge is 2.05. The molecule has 78 valence electrons. The Morgan fingerprint density at radius 1 is 1.57 bits per heavy atom. The second kappa shape index (κ2) is 6.95. The van der Waals surface area contributed by atoms with E-state index in [-0.39, 0.29) is 17.0 Å². The van der Waals surface area contributed by atoms with Gasteiger partial charge < -0.3 is 4.74 Å². The second-order valence-corrected chi connectivity index (χ2v) is 3.28. The van der Waals surface area contributed by atoms with Crippen LogP contribution in [0.3, 0.4) is 0 Å². The molecular formula is C9H11Br2NO2. The first-order valence-corrected chi connectivity index (χ1v) is 4.99. The predicted molar refractivity (Wildman–Crippen MR) is 63.4 cm³/mol. The summed E-state index contributed by atoms with van der Waals surface area (Å²) in [5.74, 6) is -0.398. The van der Waals surface area contributed by atoms with E-state index in [1.807, 2.05) is 6.07 Å². The predicted octanol–water partition coefficient (Wildman–Crippen LogP) is 2.38. The monoisotopic (exact) mass is 323 g/mol. The van der Waals surface area contributed by atoms with Gasteiger partial charge in [0.2, 0.25) is 0 Å². The van der Waals surface area contributed by atoms with Crippen molar-refractivity contribution in [3.63, 3.8) is 0 Å². The quantitative estimate of drug-likeness (QED) is 0.633. The Hall–Kier alpha value is -0.420. The topological polar surface area (TPSA) is 39.2 Å². The lowest BCUT2D eigenvalue weighted by Gasteiger charge is -1.99. The van der Waals surface area contributed by atoms with E-state index >= 15 is 0 Å². The molecule has 0 bridgehead atoms. The molecule has 0 unspecified atom stereocenters. The molecule has 0 saturated carbocycles. The van der Waals surface area contributed by atoms with Crippen LogP contribution in [0.1, 0.15) is 16.1 Å². The van der Waals surface area contributed by atoms with Gasteiger partial charge in [-0.3, -0.25) is 0 Å². The van der Waals surface area contributed by atoms with Crippen LogP contribution in [0.2, 0.25) is 0 Å². The maximum Gasteiger partial charge on any atom is 0.356 e. The average Bonchev–Trinajstić information content (AvgIpc) is 2.18. The molecular weight excluding hydrogens is 314 g/mol. The van der Waals surface area contributed by atoms with E-state index in [1.165, 1.54) is 7.11 Å². The highest BCUT2D eigenvalue weighted by molar-refractivity contribution is 9.09. The molecule has 14 heavy (non-hydrogen) atoms. The molecule has 0 aliphatic carbocycles. The number of carbonyl (C=O) groups is 1. The molecule has 1 aromatic heterocycles. The summed E-state index contributed by atoms with van der Waals surface area (Å²) >= 11 is 3.33. The molecule has 0 atom stereocenters. The third kappa shape index (κ3) is 3.75. The standard InChI is InChI=1S/C9H10BrNO2.BrH/c1-13-9(12)8-3-2-7(4-5-10)6-11-8;/h2-3,6H,4-5H2,1H3;1H. The lowest BCUT2D eigenvalue weighted by molar-refractivity contribution is 0.0594. The minimum atomic E-state index is -0.398. The molecule has 1 aromatic rings. The summed E-state index contributed by atoms with van der Waals surface area (Å²) in [7, 11) is 1.34. The Kier molecular flexibility index (Phi) is 6.74. The molecule has 3 nitrogen and oxygen atoms in total. The van der Waals surface area contributed by atoms with Crippen LogP contribution in [0.25, 0.3) is 0 Å². The molecule has 0 radical (unpaired) electrons. The molecule has 0 aromatic carbocycles. The van der Waals surface area contributed by atoms with Crippen molar-refractivity contribution in [1.82, 2.24) is 4.98 Å². The van der Waals surface area contributed by atoms with Crippen LogP contribution < -0.4 is 0 Å². The molecule has 5 heteroatoms. The number of aromatic nitrogens is 1. The molecule has 0 fully saturated rings. The van der Waals surface area contributed by atoms with E-state index < -0.39 is 5.97 Å². The van der Waals surface area contributed by atoms with Crippen LogP contribution in [-0.4, -0.2) is 23.4 Å². The third-order valence-electron chi connectivity index (χ3n) is 1.60. The van der Waals surface area contributed by atoms with Crippen molar-refractivity contribution < 1.29 is 9.53 Å². The van der Waals surface area contributed by atoms with Crippen molar-refractivity contribution in [3.05, 3.63) is 29.6 Å². The molecule has 0 aliphatic heterocycles. The molecule has 1 heterocycles. The first kappa shape index (κ1) is 13.6. The third-order valence-corrected chi connectivity index (χ3v) is 2.00. The highest BCUT2D eigenvalue weighted by Crippen LogP contribution is 2.03. The lowest BCUT2D eigenvalue weighted by Crippen LogP contribution is -2.04. The fraction of sp³-hybridized carbons (Fsp3) is 0.333. The van der Waals surface area contributed by atoms with Crippen molar-refractivity contribution in [2.45, 2.75) is 6.42 Å². The number of aryl methyl sites for hydroxylation is 1. The largest absolute Gasteiger partial charge is 0.464 e. The Morgan fingerprint density at radius 2 is 2.29 bits per heavy atom. The zero-order valence-corrected chi connectivity index (χ0v) is 11.0.